The minimum absolute atomic E-state index is 0.697. The summed E-state index contributed by atoms with van der Waals surface area (Å²) < 4.78 is 1.88. The Morgan fingerprint density at radius 3 is 2.45 bits per heavy atom. The van der Waals surface area contributed by atoms with Crippen molar-refractivity contribution in [2.75, 3.05) is 5.43 Å². The van der Waals surface area contributed by atoms with E-state index in [-0.39, 0.29) is 0 Å². The predicted octanol–water partition coefficient (Wildman–Crippen LogP) is 5.84. The zero-order valence-electron chi connectivity index (χ0n) is 17.1. The minimum atomic E-state index is 0.697. The van der Waals surface area contributed by atoms with Gasteiger partial charge in [0.25, 0.3) is 0 Å². The van der Waals surface area contributed by atoms with Gasteiger partial charge in [0, 0.05) is 22.7 Å². The highest BCUT2D eigenvalue weighted by Crippen LogP contribution is 2.23. The lowest BCUT2D eigenvalue weighted by atomic mass is 10.1. The molecular formula is C26H21N5. The van der Waals surface area contributed by atoms with Crippen molar-refractivity contribution in [1.82, 2.24) is 14.8 Å². The maximum atomic E-state index is 4.83. The number of anilines is 1. The number of aromatic nitrogens is 3. The van der Waals surface area contributed by atoms with E-state index in [1.165, 1.54) is 5.56 Å². The third-order valence-electron chi connectivity index (χ3n) is 5.07. The molecule has 0 radical (unpaired) electrons. The van der Waals surface area contributed by atoms with Crippen molar-refractivity contribution < 1.29 is 0 Å². The predicted molar refractivity (Wildman–Crippen MR) is 127 cm³/mol. The minimum Gasteiger partial charge on any atom is -0.261 e. The fourth-order valence-electron chi connectivity index (χ4n) is 3.43. The molecule has 150 valence electrons. The summed E-state index contributed by atoms with van der Waals surface area (Å²) in [6.45, 7) is 2.08. The van der Waals surface area contributed by atoms with Crippen molar-refractivity contribution in [2.24, 2.45) is 5.10 Å². The van der Waals surface area contributed by atoms with Crippen molar-refractivity contribution in [3.8, 4) is 16.9 Å². The molecule has 0 saturated heterocycles. The smallest absolute Gasteiger partial charge is 0.146 e. The second-order valence-electron chi connectivity index (χ2n) is 7.34. The van der Waals surface area contributed by atoms with Crippen LogP contribution in [0.5, 0.6) is 0 Å². The van der Waals surface area contributed by atoms with E-state index in [0.29, 0.717) is 5.82 Å². The molecule has 0 aliphatic rings. The topological polar surface area (TPSA) is 55.1 Å². The van der Waals surface area contributed by atoms with Gasteiger partial charge in [-0.25, -0.2) is 9.67 Å². The van der Waals surface area contributed by atoms with E-state index >= 15 is 0 Å². The number of benzene rings is 3. The highest BCUT2D eigenvalue weighted by atomic mass is 15.3. The quantitative estimate of drug-likeness (QED) is 0.296. The van der Waals surface area contributed by atoms with E-state index in [1.54, 1.807) is 6.21 Å². The van der Waals surface area contributed by atoms with E-state index in [1.807, 2.05) is 77.6 Å². The highest BCUT2D eigenvalue weighted by Gasteiger charge is 2.11. The zero-order chi connectivity index (χ0) is 21.0. The van der Waals surface area contributed by atoms with E-state index in [9.17, 15) is 0 Å². The van der Waals surface area contributed by atoms with Crippen molar-refractivity contribution in [1.29, 1.82) is 0 Å². The van der Waals surface area contributed by atoms with Gasteiger partial charge in [0.1, 0.15) is 11.5 Å². The Kier molecular flexibility index (Phi) is 4.99. The summed E-state index contributed by atoms with van der Waals surface area (Å²) in [5.41, 5.74) is 9.03. The van der Waals surface area contributed by atoms with Crippen LogP contribution >= 0.6 is 0 Å². The molecule has 1 N–H and O–H groups in total. The van der Waals surface area contributed by atoms with E-state index in [2.05, 4.69) is 46.7 Å². The van der Waals surface area contributed by atoms with Gasteiger partial charge in [-0.15, -0.1) is 0 Å². The van der Waals surface area contributed by atoms with Crippen LogP contribution in [0, 0.1) is 6.92 Å². The van der Waals surface area contributed by atoms with Crippen LogP contribution in [-0.2, 0) is 0 Å². The van der Waals surface area contributed by atoms with Gasteiger partial charge in [0.05, 0.1) is 17.4 Å². The SMILES string of the molecule is Cc1ccc(-c2nn(-c3ccccc3)cc2/C=N/Nc2ccc3ccccc3n2)cc1. The lowest BCUT2D eigenvalue weighted by molar-refractivity contribution is 0.884. The number of nitrogens with zero attached hydrogens (tertiary/aromatic N) is 4. The zero-order valence-corrected chi connectivity index (χ0v) is 17.1. The number of fused-ring (bicyclic) bond motifs is 1. The Bertz CT molecular complexity index is 1350. The van der Waals surface area contributed by atoms with Crippen molar-refractivity contribution in [3.63, 3.8) is 0 Å². The maximum absolute atomic E-state index is 4.83. The first-order chi connectivity index (χ1) is 15.3. The Morgan fingerprint density at radius 2 is 1.61 bits per heavy atom. The number of hydrogen-bond acceptors (Lipinski definition) is 4. The maximum Gasteiger partial charge on any atom is 0.146 e. The van der Waals surface area contributed by atoms with Crippen LogP contribution in [0.1, 0.15) is 11.1 Å². The van der Waals surface area contributed by atoms with Gasteiger partial charge in [-0.3, -0.25) is 5.43 Å². The van der Waals surface area contributed by atoms with Gasteiger partial charge in [-0.1, -0.05) is 66.2 Å². The molecule has 5 nitrogen and oxygen atoms in total. The van der Waals surface area contributed by atoms with Crippen LogP contribution in [0.2, 0.25) is 0 Å². The van der Waals surface area contributed by atoms with E-state index < -0.39 is 0 Å². The van der Waals surface area contributed by atoms with Crippen LogP contribution in [0.15, 0.2) is 102 Å². The molecule has 0 amide bonds. The standard InChI is InChI=1S/C26H21N5/c1-19-11-13-21(14-12-19)26-22(18-31(30-26)23-8-3-2-4-9-23)17-27-29-25-16-15-20-7-5-6-10-24(20)28-25/h2-18H,1H3,(H,28,29)/b27-17+. The molecule has 0 fully saturated rings. The van der Waals surface area contributed by atoms with Gasteiger partial charge in [-0.05, 0) is 37.3 Å². The average molecular weight is 403 g/mol. The molecule has 0 spiro atoms. The van der Waals surface area contributed by atoms with E-state index in [0.717, 1.165) is 33.4 Å². The summed E-state index contributed by atoms with van der Waals surface area (Å²) in [5, 5.41) is 10.4. The molecular weight excluding hydrogens is 382 g/mol. The molecule has 2 aromatic heterocycles. The third-order valence-corrected chi connectivity index (χ3v) is 5.07. The van der Waals surface area contributed by atoms with Crippen LogP contribution < -0.4 is 5.43 Å². The number of para-hydroxylation sites is 2. The van der Waals surface area contributed by atoms with Crippen molar-refractivity contribution in [3.05, 3.63) is 108 Å². The first-order valence-electron chi connectivity index (χ1n) is 10.1. The molecule has 0 aliphatic carbocycles. The molecule has 0 saturated carbocycles. The molecule has 0 atom stereocenters. The summed E-state index contributed by atoms with van der Waals surface area (Å²) in [4.78, 5) is 4.60. The monoisotopic (exact) mass is 403 g/mol. The van der Waals surface area contributed by atoms with Gasteiger partial charge in [-0.2, -0.15) is 10.2 Å². The molecule has 5 rings (SSSR count). The average Bonchev–Trinajstić information content (AvgIpc) is 3.24. The lowest BCUT2D eigenvalue weighted by Crippen LogP contribution is -1.94. The highest BCUT2D eigenvalue weighted by molar-refractivity contribution is 5.89. The lowest BCUT2D eigenvalue weighted by Gasteiger charge is -2.02. The second-order valence-corrected chi connectivity index (χ2v) is 7.34. The fraction of sp³-hybridized carbons (Fsp3) is 0.0385. The molecule has 31 heavy (non-hydrogen) atoms. The van der Waals surface area contributed by atoms with Crippen molar-refractivity contribution in [2.45, 2.75) is 6.92 Å². The summed E-state index contributed by atoms with van der Waals surface area (Å²) in [7, 11) is 0. The fourth-order valence-corrected chi connectivity index (χ4v) is 3.43. The number of hydrogen-bond donors (Lipinski definition) is 1. The summed E-state index contributed by atoms with van der Waals surface area (Å²) >= 11 is 0. The Morgan fingerprint density at radius 1 is 0.839 bits per heavy atom. The van der Waals surface area contributed by atoms with E-state index in [4.69, 9.17) is 5.10 Å². The first kappa shape index (κ1) is 18.8. The van der Waals surface area contributed by atoms with Gasteiger partial charge in [0.2, 0.25) is 0 Å². The molecule has 0 unspecified atom stereocenters. The van der Waals surface area contributed by atoms with Gasteiger partial charge in [0.15, 0.2) is 0 Å². The molecule has 5 heteroatoms. The number of nitrogens with one attached hydrogen (secondary N) is 1. The molecule has 2 heterocycles. The second kappa shape index (κ2) is 8.24. The normalized spacial score (nSPS) is 11.3. The Labute approximate surface area is 180 Å². The molecule has 5 aromatic rings. The van der Waals surface area contributed by atoms with Gasteiger partial charge >= 0.3 is 0 Å². The third kappa shape index (κ3) is 4.07. The summed E-state index contributed by atoms with van der Waals surface area (Å²) in [5.74, 6) is 0.697. The van der Waals surface area contributed by atoms with Crippen LogP contribution in [0.25, 0.3) is 27.8 Å². The summed E-state index contributed by atoms with van der Waals surface area (Å²) in [6.07, 6.45) is 3.78. The van der Waals surface area contributed by atoms with Gasteiger partial charge < -0.3 is 0 Å². The first-order valence-corrected chi connectivity index (χ1v) is 10.1. The summed E-state index contributed by atoms with van der Waals surface area (Å²) in [6, 6.07) is 30.4. The Hall–Kier alpha value is -4.25. The number of pyridine rings is 1. The van der Waals surface area contributed by atoms with Crippen LogP contribution in [-0.4, -0.2) is 21.0 Å². The van der Waals surface area contributed by atoms with Crippen molar-refractivity contribution >= 4 is 22.9 Å². The van der Waals surface area contributed by atoms with Crippen LogP contribution in [0.3, 0.4) is 0 Å². The van der Waals surface area contributed by atoms with Crippen LogP contribution in [0.4, 0.5) is 5.82 Å². The molecule has 0 aliphatic heterocycles. The number of hydrazone groups is 1. The number of aryl methyl sites for hydroxylation is 1. The molecule has 0 bridgehead atoms. The molecule has 3 aromatic carbocycles. The Balaban J connectivity index is 1.47. The largest absolute Gasteiger partial charge is 0.261 e. The number of rotatable bonds is 5.